The van der Waals surface area contributed by atoms with Crippen molar-refractivity contribution in [3.05, 3.63) is 48.0 Å². The van der Waals surface area contributed by atoms with Crippen LogP contribution in [0.3, 0.4) is 0 Å². The number of imidazole rings is 1. The van der Waals surface area contributed by atoms with Crippen LogP contribution in [0.25, 0.3) is 0 Å². The molecule has 0 spiro atoms. The lowest BCUT2D eigenvalue weighted by atomic mass is 10.1. The van der Waals surface area contributed by atoms with Gasteiger partial charge in [0.1, 0.15) is 11.6 Å². The molecule has 0 aliphatic rings. The Morgan fingerprint density at radius 3 is 2.72 bits per heavy atom. The zero-order valence-electron chi connectivity index (χ0n) is 9.11. The number of hydrogen-bond acceptors (Lipinski definition) is 3. The van der Waals surface area contributed by atoms with Crippen molar-refractivity contribution in [2.45, 2.75) is 12.4 Å². The molecule has 0 saturated heterocycles. The van der Waals surface area contributed by atoms with Gasteiger partial charge in [-0.25, -0.2) is 4.98 Å². The Labute approximate surface area is 101 Å². The lowest BCUT2D eigenvalue weighted by Gasteiger charge is -2.13. The molecule has 0 fully saturated rings. The van der Waals surface area contributed by atoms with E-state index in [-0.39, 0.29) is 5.75 Å². The number of benzene rings is 1. The molecule has 1 aromatic heterocycles. The summed E-state index contributed by atoms with van der Waals surface area (Å²) in [6.45, 7) is 0. The highest BCUT2D eigenvalue weighted by atomic mass is 19.4. The summed E-state index contributed by atoms with van der Waals surface area (Å²) in [7, 11) is 0. The van der Waals surface area contributed by atoms with Crippen LogP contribution in [0, 0.1) is 0 Å². The zero-order valence-corrected chi connectivity index (χ0v) is 9.11. The topological polar surface area (TPSA) is 63.9 Å². The number of halogens is 3. The number of hydrogen-bond donors (Lipinski definition) is 2. The molecule has 2 aromatic rings. The van der Waals surface area contributed by atoms with Crippen molar-refractivity contribution in [3.63, 3.8) is 0 Å². The van der Waals surface area contributed by atoms with E-state index in [0.29, 0.717) is 11.4 Å². The third-order valence-electron chi connectivity index (χ3n) is 2.26. The Kier molecular flexibility index (Phi) is 3.24. The number of rotatable bonds is 3. The van der Waals surface area contributed by atoms with Crippen molar-refractivity contribution in [2.24, 2.45) is 5.73 Å². The Balaban J connectivity index is 2.22. The highest BCUT2D eigenvalue weighted by Crippen LogP contribution is 2.26. The molecule has 7 heteroatoms. The van der Waals surface area contributed by atoms with Gasteiger partial charge in [0.2, 0.25) is 0 Å². The number of alkyl halides is 3. The minimum Gasteiger partial charge on any atom is -0.406 e. The van der Waals surface area contributed by atoms with Crippen LogP contribution in [-0.2, 0) is 0 Å². The number of aromatic amines is 1. The Hall–Kier alpha value is -2.02. The highest BCUT2D eigenvalue weighted by Gasteiger charge is 2.31. The maximum absolute atomic E-state index is 12.1. The molecule has 4 nitrogen and oxygen atoms in total. The van der Waals surface area contributed by atoms with Gasteiger partial charge in [-0.05, 0) is 17.7 Å². The average Bonchev–Trinajstić information content (AvgIpc) is 2.79. The number of ether oxygens (including phenoxy) is 1. The number of H-pyrrole nitrogens is 1. The van der Waals surface area contributed by atoms with Crippen LogP contribution in [-0.4, -0.2) is 16.3 Å². The van der Waals surface area contributed by atoms with Gasteiger partial charge in [0.25, 0.3) is 0 Å². The summed E-state index contributed by atoms with van der Waals surface area (Å²) in [5, 5.41) is 0. The first-order chi connectivity index (χ1) is 8.46. The van der Waals surface area contributed by atoms with E-state index in [1.807, 2.05) is 0 Å². The third-order valence-corrected chi connectivity index (χ3v) is 2.26. The summed E-state index contributed by atoms with van der Waals surface area (Å²) in [6.07, 6.45) is -1.61. The molecule has 96 valence electrons. The monoisotopic (exact) mass is 257 g/mol. The van der Waals surface area contributed by atoms with Crippen LogP contribution in [0.5, 0.6) is 5.75 Å². The fourth-order valence-corrected chi connectivity index (χ4v) is 1.51. The van der Waals surface area contributed by atoms with E-state index in [4.69, 9.17) is 5.73 Å². The zero-order chi connectivity index (χ0) is 13.2. The van der Waals surface area contributed by atoms with Crippen LogP contribution < -0.4 is 10.5 Å². The smallest absolute Gasteiger partial charge is 0.406 e. The van der Waals surface area contributed by atoms with E-state index in [0.717, 1.165) is 0 Å². The lowest BCUT2D eigenvalue weighted by Crippen LogP contribution is -2.18. The van der Waals surface area contributed by atoms with E-state index < -0.39 is 12.4 Å². The molecule has 0 radical (unpaired) electrons. The fourth-order valence-electron chi connectivity index (χ4n) is 1.51. The predicted octanol–water partition coefficient (Wildman–Crippen LogP) is 2.36. The summed E-state index contributed by atoms with van der Waals surface area (Å²) >= 11 is 0. The average molecular weight is 257 g/mol. The van der Waals surface area contributed by atoms with Gasteiger partial charge in [-0.1, -0.05) is 12.1 Å². The molecule has 1 aromatic carbocycles. The van der Waals surface area contributed by atoms with Crippen molar-refractivity contribution in [2.75, 3.05) is 0 Å². The van der Waals surface area contributed by atoms with Gasteiger partial charge in [0.15, 0.2) is 0 Å². The van der Waals surface area contributed by atoms with Crippen LogP contribution in [0.2, 0.25) is 0 Å². The summed E-state index contributed by atoms with van der Waals surface area (Å²) in [5.41, 5.74) is 6.34. The number of nitrogens with one attached hydrogen (secondary N) is 1. The summed E-state index contributed by atoms with van der Waals surface area (Å²) < 4.78 is 40.1. The quantitative estimate of drug-likeness (QED) is 0.887. The molecular weight excluding hydrogens is 247 g/mol. The van der Waals surface area contributed by atoms with Crippen LogP contribution in [0.1, 0.15) is 17.4 Å². The normalized spacial score (nSPS) is 13.3. The van der Waals surface area contributed by atoms with Gasteiger partial charge in [-0.15, -0.1) is 13.2 Å². The van der Waals surface area contributed by atoms with E-state index in [1.54, 1.807) is 12.3 Å². The molecule has 1 atom stereocenters. The van der Waals surface area contributed by atoms with Gasteiger partial charge in [-0.3, -0.25) is 0 Å². The minimum atomic E-state index is -4.71. The largest absolute Gasteiger partial charge is 0.573 e. The molecule has 1 unspecified atom stereocenters. The summed E-state index contributed by atoms with van der Waals surface area (Å²) in [6, 6.07) is 4.87. The van der Waals surface area contributed by atoms with Crippen LogP contribution >= 0.6 is 0 Å². The van der Waals surface area contributed by atoms with Gasteiger partial charge in [-0.2, -0.15) is 0 Å². The first-order valence-corrected chi connectivity index (χ1v) is 5.06. The third kappa shape index (κ3) is 3.01. The van der Waals surface area contributed by atoms with Crippen LogP contribution in [0.15, 0.2) is 36.7 Å². The SMILES string of the molecule is NC(c1cccc(OC(F)(F)F)c1)c1ncc[nH]1. The molecule has 0 aliphatic carbocycles. The molecule has 0 amide bonds. The Morgan fingerprint density at radius 2 is 2.11 bits per heavy atom. The maximum Gasteiger partial charge on any atom is 0.573 e. The van der Waals surface area contributed by atoms with E-state index in [9.17, 15) is 13.2 Å². The van der Waals surface area contributed by atoms with Crippen molar-refractivity contribution in [1.82, 2.24) is 9.97 Å². The van der Waals surface area contributed by atoms with Crippen molar-refractivity contribution in [3.8, 4) is 5.75 Å². The second-order valence-corrected chi connectivity index (χ2v) is 3.57. The van der Waals surface area contributed by atoms with Crippen molar-refractivity contribution in [1.29, 1.82) is 0 Å². The summed E-state index contributed by atoms with van der Waals surface area (Å²) in [4.78, 5) is 6.76. The van der Waals surface area contributed by atoms with Crippen molar-refractivity contribution < 1.29 is 17.9 Å². The number of aromatic nitrogens is 2. The van der Waals surface area contributed by atoms with E-state index in [1.165, 1.54) is 24.4 Å². The second-order valence-electron chi connectivity index (χ2n) is 3.57. The Bertz CT molecular complexity index is 511. The molecule has 18 heavy (non-hydrogen) atoms. The van der Waals surface area contributed by atoms with Gasteiger partial charge < -0.3 is 15.5 Å². The molecule has 2 rings (SSSR count). The molecule has 0 bridgehead atoms. The van der Waals surface area contributed by atoms with Crippen molar-refractivity contribution >= 4 is 0 Å². The predicted molar refractivity (Wildman–Crippen MR) is 57.7 cm³/mol. The number of nitrogens with zero attached hydrogens (tertiary/aromatic N) is 1. The highest BCUT2D eigenvalue weighted by molar-refractivity contribution is 5.33. The first kappa shape index (κ1) is 12.4. The van der Waals surface area contributed by atoms with Crippen LogP contribution in [0.4, 0.5) is 13.2 Å². The minimum absolute atomic E-state index is 0.304. The van der Waals surface area contributed by atoms with Gasteiger partial charge in [0, 0.05) is 12.4 Å². The van der Waals surface area contributed by atoms with E-state index >= 15 is 0 Å². The fraction of sp³-hybridized carbons (Fsp3) is 0.182. The molecule has 3 N–H and O–H groups in total. The second kappa shape index (κ2) is 4.69. The van der Waals surface area contributed by atoms with Gasteiger partial charge in [0.05, 0.1) is 6.04 Å². The maximum atomic E-state index is 12.1. The van der Waals surface area contributed by atoms with Gasteiger partial charge >= 0.3 is 6.36 Å². The molecule has 0 saturated carbocycles. The number of nitrogens with two attached hydrogens (primary N) is 1. The first-order valence-electron chi connectivity index (χ1n) is 5.06. The lowest BCUT2D eigenvalue weighted by molar-refractivity contribution is -0.274. The Morgan fingerprint density at radius 1 is 1.33 bits per heavy atom. The summed E-state index contributed by atoms with van der Waals surface area (Å²) in [5.74, 6) is 0.168. The molecule has 1 heterocycles. The molecular formula is C11H10F3N3O. The van der Waals surface area contributed by atoms with E-state index in [2.05, 4.69) is 14.7 Å². The molecule has 0 aliphatic heterocycles. The standard InChI is InChI=1S/C11H10F3N3O/c12-11(13,14)18-8-3-1-2-7(6-8)9(15)10-16-4-5-17-10/h1-6,9H,15H2,(H,16,17).